The van der Waals surface area contributed by atoms with Gasteiger partial charge in [0.25, 0.3) is 0 Å². The summed E-state index contributed by atoms with van der Waals surface area (Å²) in [6, 6.07) is 0.930. The number of hydrogen-bond donors (Lipinski definition) is 0. The first-order chi connectivity index (χ1) is 7.84. The fourth-order valence-electron chi connectivity index (χ4n) is 2.35. The molecule has 0 amide bonds. The Morgan fingerprint density at radius 1 is 0.938 bits per heavy atom. The molecule has 1 aliphatic rings. The molecule has 0 spiro atoms. The topological polar surface area (TPSA) is 3.24 Å². The highest BCUT2D eigenvalue weighted by atomic mass is 79.9. The van der Waals surface area contributed by atoms with Gasteiger partial charge in [0.15, 0.2) is 0 Å². The first kappa shape index (κ1) is 14.5. The van der Waals surface area contributed by atoms with Gasteiger partial charge in [0, 0.05) is 11.4 Å². The summed E-state index contributed by atoms with van der Waals surface area (Å²) in [6.07, 6.45) is 14.3. The fraction of sp³-hybridized carbons (Fsp3) is 1.00. The molecule has 0 atom stereocenters. The highest BCUT2D eigenvalue weighted by Crippen LogP contribution is 2.23. The zero-order valence-electron chi connectivity index (χ0n) is 10.9. The second kappa shape index (κ2) is 9.47. The lowest BCUT2D eigenvalue weighted by Gasteiger charge is -2.34. The Balaban J connectivity index is 1.77. The number of halogens is 1. The Morgan fingerprint density at radius 2 is 1.50 bits per heavy atom. The standard InChI is InChI=1S/C14H28BrN/c1-16(14-10-9-11-14)13-8-6-4-2-3-5-7-12-15/h14H,2-13H2,1H3. The lowest BCUT2D eigenvalue weighted by atomic mass is 9.92. The van der Waals surface area contributed by atoms with E-state index in [2.05, 4.69) is 27.9 Å². The number of unbranched alkanes of at least 4 members (excludes halogenated alkanes) is 6. The van der Waals surface area contributed by atoms with Crippen molar-refractivity contribution < 1.29 is 0 Å². The zero-order chi connectivity index (χ0) is 11.6. The first-order valence-electron chi connectivity index (χ1n) is 7.11. The highest BCUT2D eigenvalue weighted by Gasteiger charge is 2.20. The summed E-state index contributed by atoms with van der Waals surface area (Å²) < 4.78 is 0. The Hall–Kier alpha value is 0.440. The van der Waals surface area contributed by atoms with Crippen LogP contribution in [0.3, 0.4) is 0 Å². The van der Waals surface area contributed by atoms with Crippen molar-refractivity contribution in [1.29, 1.82) is 0 Å². The van der Waals surface area contributed by atoms with E-state index in [1.165, 1.54) is 76.1 Å². The molecule has 0 saturated heterocycles. The molecule has 1 nitrogen and oxygen atoms in total. The van der Waals surface area contributed by atoms with Gasteiger partial charge in [0.05, 0.1) is 0 Å². The van der Waals surface area contributed by atoms with Crippen LogP contribution >= 0.6 is 15.9 Å². The molecule has 0 bridgehead atoms. The Bertz CT molecular complexity index is 157. The van der Waals surface area contributed by atoms with Crippen molar-refractivity contribution in [2.45, 2.75) is 70.3 Å². The van der Waals surface area contributed by atoms with Crippen molar-refractivity contribution in [3.63, 3.8) is 0 Å². The van der Waals surface area contributed by atoms with E-state index in [9.17, 15) is 0 Å². The molecule has 0 radical (unpaired) electrons. The van der Waals surface area contributed by atoms with E-state index < -0.39 is 0 Å². The van der Waals surface area contributed by atoms with E-state index in [1.54, 1.807) is 0 Å². The zero-order valence-corrected chi connectivity index (χ0v) is 12.5. The van der Waals surface area contributed by atoms with Gasteiger partial charge in [-0.2, -0.15) is 0 Å². The van der Waals surface area contributed by atoms with E-state index in [1.807, 2.05) is 0 Å². The summed E-state index contributed by atoms with van der Waals surface area (Å²) in [5.74, 6) is 0. The fourth-order valence-corrected chi connectivity index (χ4v) is 2.75. The maximum Gasteiger partial charge on any atom is 0.00922 e. The summed E-state index contributed by atoms with van der Waals surface area (Å²) >= 11 is 3.48. The van der Waals surface area contributed by atoms with Gasteiger partial charge < -0.3 is 4.90 Å². The predicted molar refractivity (Wildman–Crippen MR) is 76.4 cm³/mol. The predicted octanol–water partition coefficient (Wildman–Crippen LogP) is 4.60. The lowest BCUT2D eigenvalue weighted by molar-refractivity contribution is 0.157. The first-order valence-corrected chi connectivity index (χ1v) is 8.23. The van der Waals surface area contributed by atoms with E-state index in [0.29, 0.717) is 0 Å². The quantitative estimate of drug-likeness (QED) is 0.420. The molecule has 0 aromatic carbocycles. The number of hydrogen-bond acceptors (Lipinski definition) is 1. The smallest absolute Gasteiger partial charge is 0.00922 e. The van der Waals surface area contributed by atoms with Crippen molar-refractivity contribution in [3.8, 4) is 0 Å². The molecule has 0 aromatic rings. The minimum absolute atomic E-state index is 0.930. The maximum atomic E-state index is 3.48. The van der Waals surface area contributed by atoms with Crippen molar-refractivity contribution >= 4 is 15.9 Å². The molecule has 1 rings (SSSR count). The normalized spacial score (nSPS) is 16.7. The molecule has 0 aromatic heterocycles. The largest absolute Gasteiger partial charge is 0.303 e. The molecule has 1 aliphatic carbocycles. The SMILES string of the molecule is CN(CCCCCCCCCBr)C1CCC1. The molecule has 96 valence electrons. The molecule has 0 heterocycles. The number of nitrogens with zero attached hydrogens (tertiary/aromatic N) is 1. The average molecular weight is 290 g/mol. The van der Waals surface area contributed by atoms with Crippen LogP contribution in [0.4, 0.5) is 0 Å². The van der Waals surface area contributed by atoms with Crippen LogP contribution in [-0.2, 0) is 0 Å². The second-order valence-electron chi connectivity index (χ2n) is 5.23. The molecule has 0 aliphatic heterocycles. The Kier molecular flexibility index (Phi) is 8.58. The molecular formula is C14H28BrN. The minimum atomic E-state index is 0.930. The van der Waals surface area contributed by atoms with E-state index >= 15 is 0 Å². The van der Waals surface area contributed by atoms with Crippen LogP contribution in [0.2, 0.25) is 0 Å². The van der Waals surface area contributed by atoms with Crippen molar-refractivity contribution in [2.75, 3.05) is 18.9 Å². The molecule has 2 heteroatoms. The van der Waals surface area contributed by atoms with E-state index in [-0.39, 0.29) is 0 Å². The van der Waals surface area contributed by atoms with Crippen molar-refractivity contribution in [3.05, 3.63) is 0 Å². The van der Waals surface area contributed by atoms with Crippen LogP contribution in [0.1, 0.15) is 64.2 Å². The Labute approximate surface area is 110 Å². The van der Waals surface area contributed by atoms with Crippen LogP contribution in [-0.4, -0.2) is 29.9 Å². The number of rotatable bonds is 10. The summed E-state index contributed by atoms with van der Waals surface area (Å²) in [5.41, 5.74) is 0. The van der Waals surface area contributed by atoms with Crippen molar-refractivity contribution in [2.24, 2.45) is 0 Å². The van der Waals surface area contributed by atoms with Crippen LogP contribution in [0, 0.1) is 0 Å². The summed E-state index contributed by atoms with van der Waals surface area (Å²) in [5, 5.41) is 1.18. The molecule has 0 unspecified atom stereocenters. The minimum Gasteiger partial charge on any atom is -0.303 e. The third-order valence-corrected chi connectivity index (χ3v) is 4.40. The third-order valence-electron chi connectivity index (χ3n) is 3.84. The van der Waals surface area contributed by atoms with E-state index in [4.69, 9.17) is 0 Å². The van der Waals surface area contributed by atoms with Gasteiger partial charge in [-0.15, -0.1) is 0 Å². The van der Waals surface area contributed by atoms with Gasteiger partial charge in [0.1, 0.15) is 0 Å². The van der Waals surface area contributed by atoms with Gasteiger partial charge in [-0.25, -0.2) is 0 Å². The lowest BCUT2D eigenvalue weighted by Crippen LogP contribution is -2.37. The van der Waals surface area contributed by atoms with Gasteiger partial charge >= 0.3 is 0 Å². The summed E-state index contributed by atoms with van der Waals surface area (Å²) in [6.45, 7) is 1.33. The Morgan fingerprint density at radius 3 is 2.00 bits per heavy atom. The third kappa shape index (κ3) is 6.24. The van der Waals surface area contributed by atoms with Crippen LogP contribution < -0.4 is 0 Å². The van der Waals surface area contributed by atoms with E-state index in [0.717, 1.165) is 6.04 Å². The van der Waals surface area contributed by atoms with Gasteiger partial charge in [-0.05, 0) is 39.3 Å². The van der Waals surface area contributed by atoms with Gasteiger partial charge in [-0.3, -0.25) is 0 Å². The summed E-state index contributed by atoms with van der Waals surface area (Å²) in [4.78, 5) is 2.58. The van der Waals surface area contributed by atoms with Crippen LogP contribution in [0.25, 0.3) is 0 Å². The van der Waals surface area contributed by atoms with Gasteiger partial charge in [-0.1, -0.05) is 54.5 Å². The molecule has 16 heavy (non-hydrogen) atoms. The highest BCUT2D eigenvalue weighted by molar-refractivity contribution is 9.09. The molecule has 0 N–H and O–H groups in total. The summed E-state index contributed by atoms with van der Waals surface area (Å²) in [7, 11) is 2.31. The molecule has 1 saturated carbocycles. The second-order valence-corrected chi connectivity index (χ2v) is 6.02. The van der Waals surface area contributed by atoms with Gasteiger partial charge in [0.2, 0.25) is 0 Å². The number of alkyl halides is 1. The molecule has 1 fully saturated rings. The molecular weight excluding hydrogens is 262 g/mol. The van der Waals surface area contributed by atoms with Crippen LogP contribution in [0.5, 0.6) is 0 Å². The van der Waals surface area contributed by atoms with Crippen molar-refractivity contribution in [1.82, 2.24) is 4.90 Å². The maximum absolute atomic E-state index is 3.48. The average Bonchev–Trinajstić information content (AvgIpc) is 2.19. The van der Waals surface area contributed by atoms with Crippen LogP contribution in [0.15, 0.2) is 0 Å². The monoisotopic (exact) mass is 289 g/mol.